The van der Waals surface area contributed by atoms with Crippen molar-refractivity contribution >= 4 is 22.0 Å². The molecular formula is C13H15N5OS. The molecule has 0 atom stereocenters. The average molecular weight is 289 g/mol. The van der Waals surface area contributed by atoms with Crippen molar-refractivity contribution in [3.63, 3.8) is 0 Å². The summed E-state index contributed by atoms with van der Waals surface area (Å²) in [7, 11) is 0. The Bertz CT molecular complexity index is 716. The van der Waals surface area contributed by atoms with E-state index < -0.39 is 0 Å². The van der Waals surface area contributed by atoms with Crippen LogP contribution in [0.4, 0.5) is 5.69 Å². The summed E-state index contributed by atoms with van der Waals surface area (Å²) in [5.41, 5.74) is 6.35. The van der Waals surface area contributed by atoms with E-state index in [9.17, 15) is 0 Å². The highest BCUT2D eigenvalue weighted by Crippen LogP contribution is 2.20. The van der Waals surface area contributed by atoms with Gasteiger partial charge in [-0.05, 0) is 24.3 Å². The van der Waals surface area contributed by atoms with Crippen molar-refractivity contribution in [1.82, 2.24) is 19.8 Å². The summed E-state index contributed by atoms with van der Waals surface area (Å²) in [6, 6.07) is 7.31. The number of aromatic nitrogens is 4. The first-order valence-corrected chi connectivity index (χ1v) is 7.14. The van der Waals surface area contributed by atoms with E-state index >= 15 is 0 Å². The Morgan fingerprint density at radius 3 is 2.70 bits per heavy atom. The highest BCUT2D eigenvalue weighted by molar-refractivity contribution is 7.16. The Balaban J connectivity index is 1.76. The predicted octanol–water partition coefficient (Wildman–Crippen LogP) is 2.47. The van der Waals surface area contributed by atoms with Crippen molar-refractivity contribution in [2.45, 2.75) is 26.4 Å². The molecule has 2 heterocycles. The zero-order valence-corrected chi connectivity index (χ0v) is 12.1. The number of fused-ring (bicyclic) bond motifs is 1. The van der Waals surface area contributed by atoms with Gasteiger partial charge in [-0.2, -0.15) is 9.61 Å². The fourth-order valence-corrected chi connectivity index (χ4v) is 2.55. The van der Waals surface area contributed by atoms with E-state index in [0.29, 0.717) is 6.61 Å². The number of anilines is 1. The molecule has 104 valence electrons. The lowest BCUT2D eigenvalue weighted by Crippen LogP contribution is -2.00. The molecule has 0 saturated carbocycles. The second-order valence-corrected chi connectivity index (χ2v) is 5.80. The molecular weight excluding hydrogens is 274 g/mol. The van der Waals surface area contributed by atoms with Gasteiger partial charge in [0.2, 0.25) is 4.96 Å². The molecule has 0 fully saturated rings. The molecule has 0 radical (unpaired) electrons. The molecule has 0 aliphatic heterocycles. The van der Waals surface area contributed by atoms with Crippen LogP contribution in [0.15, 0.2) is 24.3 Å². The second kappa shape index (κ2) is 5.09. The molecule has 0 spiro atoms. The summed E-state index contributed by atoms with van der Waals surface area (Å²) in [4.78, 5) is 0.796. The molecule has 0 saturated heterocycles. The molecule has 2 aromatic heterocycles. The van der Waals surface area contributed by atoms with Crippen LogP contribution in [0.25, 0.3) is 4.96 Å². The second-order valence-electron chi connectivity index (χ2n) is 4.76. The van der Waals surface area contributed by atoms with Gasteiger partial charge in [-0.15, -0.1) is 10.2 Å². The van der Waals surface area contributed by atoms with E-state index in [-0.39, 0.29) is 5.92 Å². The highest BCUT2D eigenvalue weighted by Gasteiger charge is 2.14. The minimum absolute atomic E-state index is 0.290. The van der Waals surface area contributed by atoms with Crippen LogP contribution in [0.1, 0.15) is 30.6 Å². The third-order valence-corrected chi connectivity index (χ3v) is 3.69. The maximum Gasteiger partial charge on any atom is 0.234 e. The monoisotopic (exact) mass is 289 g/mol. The van der Waals surface area contributed by atoms with Crippen LogP contribution in [-0.4, -0.2) is 19.8 Å². The molecule has 0 amide bonds. The van der Waals surface area contributed by atoms with Crippen molar-refractivity contribution in [2.24, 2.45) is 0 Å². The Morgan fingerprint density at radius 1 is 1.25 bits per heavy atom. The number of rotatable bonds is 4. The summed E-state index contributed by atoms with van der Waals surface area (Å²) in [6.07, 6.45) is 0. The number of hydrogen-bond acceptors (Lipinski definition) is 6. The van der Waals surface area contributed by atoms with Gasteiger partial charge in [-0.25, -0.2) is 0 Å². The maximum atomic E-state index is 5.68. The predicted molar refractivity (Wildman–Crippen MR) is 77.9 cm³/mol. The quantitative estimate of drug-likeness (QED) is 0.746. The lowest BCUT2D eigenvalue weighted by atomic mass is 10.2. The Morgan fingerprint density at radius 2 is 2.00 bits per heavy atom. The van der Waals surface area contributed by atoms with Gasteiger partial charge < -0.3 is 10.5 Å². The third-order valence-electron chi connectivity index (χ3n) is 2.82. The van der Waals surface area contributed by atoms with Crippen LogP contribution >= 0.6 is 11.3 Å². The van der Waals surface area contributed by atoms with Crippen LogP contribution in [0, 0.1) is 0 Å². The van der Waals surface area contributed by atoms with E-state index in [1.165, 1.54) is 11.3 Å². The Labute approximate surface area is 120 Å². The minimum atomic E-state index is 0.290. The fraction of sp³-hybridized carbons (Fsp3) is 0.308. The van der Waals surface area contributed by atoms with Crippen molar-refractivity contribution in [2.75, 3.05) is 5.73 Å². The van der Waals surface area contributed by atoms with Crippen LogP contribution in [0.3, 0.4) is 0 Å². The van der Waals surface area contributed by atoms with E-state index in [0.717, 1.165) is 27.2 Å². The van der Waals surface area contributed by atoms with Crippen LogP contribution in [0.2, 0.25) is 0 Å². The summed E-state index contributed by atoms with van der Waals surface area (Å²) < 4.78 is 7.47. The smallest absolute Gasteiger partial charge is 0.234 e. The van der Waals surface area contributed by atoms with Gasteiger partial charge in [0.05, 0.1) is 0 Å². The van der Waals surface area contributed by atoms with Crippen LogP contribution in [-0.2, 0) is 6.61 Å². The Hall–Kier alpha value is -2.15. The van der Waals surface area contributed by atoms with E-state index in [1.54, 1.807) is 4.52 Å². The van der Waals surface area contributed by atoms with Gasteiger partial charge in [0, 0.05) is 11.6 Å². The first-order valence-electron chi connectivity index (χ1n) is 6.33. The zero-order chi connectivity index (χ0) is 14.1. The fourth-order valence-electron chi connectivity index (χ4n) is 1.80. The lowest BCUT2D eigenvalue weighted by Gasteiger charge is -2.03. The molecule has 6 nitrogen and oxygen atoms in total. The van der Waals surface area contributed by atoms with E-state index in [2.05, 4.69) is 29.1 Å². The van der Waals surface area contributed by atoms with E-state index in [4.69, 9.17) is 10.5 Å². The number of benzene rings is 1. The average Bonchev–Trinajstić information content (AvgIpc) is 2.97. The molecule has 3 rings (SSSR count). The molecule has 7 heteroatoms. The van der Waals surface area contributed by atoms with Gasteiger partial charge in [0.1, 0.15) is 12.4 Å². The van der Waals surface area contributed by atoms with Crippen molar-refractivity contribution in [3.8, 4) is 5.75 Å². The molecule has 0 aliphatic rings. The first kappa shape index (κ1) is 12.9. The van der Waals surface area contributed by atoms with Crippen LogP contribution in [0.5, 0.6) is 5.75 Å². The largest absolute Gasteiger partial charge is 0.486 e. The van der Waals surface area contributed by atoms with Crippen molar-refractivity contribution < 1.29 is 4.74 Å². The molecule has 0 aliphatic carbocycles. The van der Waals surface area contributed by atoms with Crippen molar-refractivity contribution in [1.29, 1.82) is 0 Å². The van der Waals surface area contributed by atoms with Crippen LogP contribution < -0.4 is 10.5 Å². The number of ether oxygens (including phenoxy) is 1. The standard InChI is InChI=1S/C13H15N5OS/c1-8(2)12-15-16-13-18(12)17-11(20-13)7-19-10-5-3-9(14)4-6-10/h3-6,8H,7,14H2,1-2H3. The van der Waals surface area contributed by atoms with Gasteiger partial charge in [0.15, 0.2) is 10.8 Å². The molecule has 3 aromatic rings. The van der Waals surface area contributed by atoms with Gasteiger partial charge in [-0.3, -0.25) is 0 Å². The SMILES string of the molecule is CC(C)c1nnc2sc(COc3ccc(N)cc3)nn12. The van der Waals surface area contributed by atoms with E-state index in [1.807, 2.05) is 24.3 Å². The zero-order valence-electron chi connectivity index (χ0n) is 11.3. The van der Waals surface area contributed by atoms with Crippen molar-refractivity contribution in [3.05, 3.63) is 35.1 Å². The maximum absolute atomic E-state index is 5.68. The summed E-state index contributed by atoms with van der Waals surface area (Å²) in [5.74, 6) is 1.93. The number of nitrogens with two attached hydrogens (primary N) is 1. The van der Waals surface area contributed by atoms with Gasteiger partial charge in [0.25, 0.3) is 0 Å². The summed E-state index contributed by atoms with van der Waals surface area (Å²) in [5, 5.41) is 13.6. The van der Waals surface area contributed by atoms with Gasteiger partial charge in [-0.1, -0.05) is 25.2 Å². The molecule has 0 bridgehead atoms. The molecule has 20 heavy (non-hydrogen) atoms. The third kappa shape index (κ3) is 2.44. The molecule has 1 aromatic carbocycles. The Kier molecular flexibility index (Phi) is 3.27. The summed E-state index contributed by atoms with van der Waals surface area (Å²) >= 11 is 1.49. The normalized spacial score (nSPS) is 11.3. The summed E-state index contributed by atoms with van der Waals surface area (Å²) in [6.45, 7) is 4.55. The minimum Gasteiger partial charge on any atom is -0.486 e. The number of nitrogen functional groups attached to an aromatic ring is 1. The highest BCUT2D eigenvalue weighted by atomic mass is 32.1. The van der Waals surface area contributed by atoms with Gasteiger partial charge >= 0.3 is 0 Å². The molecule has 0 unspecified atom stereocenters. The molecule has 2 N–H and O–H groups in total. The topological polar surface area (TPSA) is 78.3 Å². The number of nitrogens with zero attached hydrogens (tertiary/aromatic N) is 4. The lowest BCUT2D eigenvalue weighted by molar-refractivity contribution is 0.304. The number of hydrogen-bond donors (Lipinski definition) is 1. The first-order chi connectivity index (χ1) is 9.63.